The Bertz CT molecular complexity index is 432. The van der Waals surface area contributed by atoms with E-state index in [1.807, 2.05) is 0 Å². The first-order valence-electron chi connectivity index (χ1n) is 4.38. The molecular formula is C9H5F5N2S2. The summed E-state index contributed by atoms with van der Waals surface area (Å²) in [6.07, 6.45) is 0. The van der Waals surface area contributed by atoms with E-state index in [0.29, 0.717) is 0 Å². The van der Waals surface area contributed by atoms with Crippen LogP contribution >= 0.6 is 24.4 Å². The first kappa shape index (κ1) is 14.7. The fourth-order valence-electron chi connectivity index (χ4n) is 1.24. The van der Waals surface area contributed by atoms with Crippen LogP contribution in [0.5, 0.6) is 0 Å². The highest BCUT2D eigenvalue weighted by Gasteiger charge is 2.49. The predicted octanol–water partition coefficient (Wildman–Crippen LogP) is 3.65. The largest absolute Gasteiger partial charge is 0.246 e. The summed E-state index contributed by atoms with van der Waals surface area (Å²) >= 11 is 8.29. The lowest BCUT2D eigenvalue weighted by Gasteiger charge is -2.26. The van der Waals surface area contributed by atoms with E-state index in [1.165, 1.54) is 18.2 Å². The van der Waals surface area contributed by atoms with E-state index in [2.05, 4.69) is 24.4 Å². The van der Waals surface area contributed by atoms with Crippen molar-refractivity contribution >= 4 is 34.4 Å². The number of rotatable bonds is 3. The average molecular weight is 300 g/mol. The second-order valence-corrected chi connectivity index (χ2v) is 3.87. The van der Waals surface area contributed by atoms with Crippen LogP contribution in [0.2, 0.25) is 0 Å². The van der Waals surface area contributed by atoms with E-state index in [9.17, 15) is 22.3 Å². The summed E-state index contributed by atoms with van der Waals surface area (Å²) in [6.45, 7) is 0. The van der Waals surface area contributed by atoms with Gasteiger partial charge in [-0.25, -0.2) is 4.39 Å². The molecular weight excluding hydrogens is 295 g/mol. The first-order valence-corrected chi connectivity index (χ1v) is 5.20. The lowest BCUT2D eigenvalue weighted by Crippen LogP contribution is -2.45. The third kappa shape index (κ3) is 2.56. The molecule has 1 aromatic rings. The molecule has 0 N–H and O–H groups in total. The normalized spacial score (nSPS) is 10.9. The van der Waals surface area contributed by atoms with Gasteiger partial charge in [0.1, 0.15) is 0 Å². The highest BCUT2D eigenvalue weighted by atomic mass is 32.1. The Morgan fingerprint density at radius 3 is 1.61 bits per heavy atom. The van der Waals surface area contributed by atoms with Crippen LogP contribution in [0.15, 0.2) is 30.3 Å². The van der Waals surface area contributed by atoms with Gasteiger partial charge in [-0.1, -0.05) is 72.7 Å². The monoisotopic (exact) mass is 300 g/mol. The molecule has 0 aliphatic rings. The second-order valence-electron chi connectivity index (χ2n) is 3.10. The van der Waals surface area contributed by atoms with Crippen molar-refractivity contribution in [2.75, 3.05) is 0 Å². The van der Waals surface area contributed by atoms with Crippen LogP contribution in [0.3, 0.4) is 0 Å². The molecule has 1 aromatic carbocycles. The van der Waals surface area contributed by atoms with Gasteiger partial charge in [-0.2, -0.15) is 0 Å². The van der Waals surface area contributed by atoms with Crippen molar-refractivity contribution in [2.24, 2.45) is 0 Å². The number of hydrogen-bond acceptors (Lipinski definition) is 2. The van der Waals surface area contributed by atoms with E-state index in [0.717, 1.165) is 12.1 Å². The van der Waals surface area contributed by atoms with E-state index in [-0.39, 0.29) is 0 Å². The van der Waals surface area contributed by atoms with Gasteiger partial charge in [-0.05, 0) is 10.7 Å². The number of halogens is 5. The van der Waals surface area contributed by atoms with E-state index in [4.69, 9.17) is 0 Å². The summed E-state index contributed by atoms with van der Waals surface area (Å²) in [6, 6.07) is 6.10. The highest BCUT2D eigenvalue weighted by Crippen LogP contribution is 2.33. The van der Waals surface area contributed by atoms with Crippen LogP contribution in [0, 0.1) is 0 Å². The highest BCUT2D eigenvalue weighted by molar-refractivity contribution is 7.82. The van der Waals surface area contributed by atoms with Crippen molar-refractivity contribution in [2.45, 2.75) is 5.67 Å². The molecule has 0 saturated carbocycles. The Morgan fingerprint density at radius 2 is 1.28 bits per heavy atom. The maximum absolute atomic E-state index is 14.5. The lowest BCUT2D eigenvalue weighted by molar-refractivity contribution is -0.0925. The second kappa shape index (κ2) is 5.53. The minimum absolute atomic E-state index is 0.499. The number of benzene rings is 1. The molecule has 0 unspecified atom stereocenters. The van der Waals surface area contributed by atoms with Crippen LogP contribution in [0.4, 0.5) is 22.3 Å². The van der Waals surface area contributed by atoms with Gasteiger partial charge in [-0.3, -0.25) is 0 Å². The van der Waals surface area contributed by atoms with Crippen molar-refractivity contribution in [3.63, 3.8) is 0 Å². The van der Waals surface area contributed by atoms with Gasteiger partial charge >= 0.3 is 0 Å². The zero-order chi connectivity index (χ0) is 13.9. The number of hydrogen-bond donors (Lipinski definition) is 0. The quantitative estimate of drug-likeness (QED) is 0.477. The van der Waals surface area contributed by atoms with Crippen molar-refractivity contribution in [3.8, 4) is 0 Å². The summed E-state index contributed by atoms with van der Waals surface area (Å²) < 4.78 is 63.9. The van der Waals surface area contributed by atoms with Gasteiger partial charge < -0.3 is 0 Å². The van der Waals surface area contributed by atoms with Crippen LogP contribution in [-0.2, 0) is 5.67 Å². The van der Waals surface area contributed by atoms with Crippen LogP contribution in [0.1, 0.15) is 5.56 Å². The zero-order valence-electron chi connectivity index (χ0n) is 8.49. The molecule has 0 saturated heterocycles. The first-order chi connectivity index (χ1) is 8.31. The Morgan fingerprint density at radius 1 is 0.889 bits per heavy atom. The SMILES string of the molecule is FN(F)C(=S)C(F)(C(=S)N(F)F)c1ccccc1. The Balaban J connectivity index is 3.35. The molecule has 9 heteroatoms. The summed E-state index contributed by atoms with van der Waals surface area (Å²) in [4.78, 5) is -3.31. The van der Waals surface area contributed by atoms with Crippen LogP contribution < -0.4 is 0 Å². The molecule has 18 heavy (non-hydrogen) atoms. The number of nitrogens with zero attached hydrogens (tertiary/aromatic N) is 2. The molecule has 0 atom stereocenters. The molecule has 0 bridgehead atoms. The third-order valence-electron chi connectivity index (χ3n) is 2.07. The van der Waals surface area contributed by atoms with Gasteiger partial charge in [0, 0.05) is 5.56 Å². The Kier molecular flexibility index (Phi) is 4.52. The molecule has 1 rings (SSSR count). The minimum atomic E-state index is -3.43. The maximum atomic E-state index is 14.5. The maximum Gasteiger partial charge on any atom is 0.246 e. The topological polar surface area (TPSA) is 6.48 Å². The zero-order valence-corrected chi connectivity index (χ0v) is 10.1. The molecule has 2 nitrogen and oxygen atoms in total. The van der Waals surface area contributed by atoms with E-state index in [1.54, 1.807) is 0 Å². The summed E-state index contributed by atoms with van der Waals surface area (Å²) in [5.41, 5.74) is -3.93. The fraction of sp³-hybridized carbons (Fsp3) is 0.111. The van der Waals surface area contributed by atoms with Gasteiger partial charge in [0.25, 0.3) is 0 Å². The Hall–Kier alpha value is -1.35. The fourth-order valence-corrected chi connectivity index (χ4v) is 1.73. The minimum Gasteiger partial charge on any atom is -0.222 e. The molecule has 0 fully saturated rings. The number of thiocarbonyl (C=S) groups is 2. The summed E-state index contributed by atoms with van der Waals surface area (Å²) in [5, 5.41) is -3.50. The van der Waals surface area contributed by atoms with Gasteiger partial charge in [0.2, 0.25) is 5.67 Å². The average Bonchev–Trinajstić information content (AvgIpc) is 2.36. The predicted molar refractivity (Wildman–Crippen MR) is 62.5 cm³/mol. The van der Waals surface area contributed by atoms with E-state index >= 15 is 0 Å². The summed E-state index contributed by atoms with van der Waals surface area (Å²) in [7, 11) is 0. The van der Waals surface area contributed by atoms with Crippen molar-refractivity contribution < 1.29 is 22.3 Å². The Labute approximate surface area is 109 Å². The van der Waals surface area contributed by atoms with Crippen molar-refractivity contribution in [3.05, 3.63) is 35.9 Å². The molecule has 0 radical (unpaired) electrons. The molecule has 0 spiro atoms. The molecule has 0 aromatic heterocycles. The lowest BCUT2D eigenvalue weighted by atomic mass is 9.95. The summed E-state index contributed by atoms with van der Waals surface area (Å²) in [5.74, 6) is 0. The van der Waals surface area contributed by atoms with Crippen molar-refractivity contribution in [1.82, 2.24) is 10.7 Å². The molecule has 0 heterocycles. The standard InChI is InChI=1S/C9H5F5N2S2/c10-9(7(17)15(11)12,8(18)16(13)14)6-4-2-1-3-5-6/h1-5H. The van der Waals surface area contributed by atoms with Crippen LogP contribution in [0.25, 0.3) is 0 Å². The van der Waals surface area contributed by atoms with Gasteiger partial charge in [-0.15, -0.1) is 0 Å². The van der Waals surface area contributed by atoms with Crippen LogP contribution in [-0.4, -0.2) is 20.7 Å². The molecule has 0 amide bonds. The number of alkyl halides is 1. The van der Waals surface area contributed by atoms with Gasteiger partial charge in [0.15, 0.2) is 9.98 Å². The third-order valence-corrected chi connectivity index (χ3v) is 2.91. The molecule has 0 aliphatic carbocycles. The van der Waals surface area contributed by atoms with Gasteiger partial charge in [0.05, 0.1) is 0 Å². The molecule has 0 aliphatic heterocycles. The van der Waals surface area contributed by atoms with Crippen molar-refractivity contribution in [1.29, 1.82) is 0 Å². The van der Waals surface area contributed by atoms with E-state index < -0.39 is 31.9 Å². The molecule has 98 valence electrons. The smallest absolute Gasteiger partial charge is 0.222 e.